The Hall–Kier alpha value is -1.86. The van der Waals surface area contributed by atoms with Gasteiger partial charge < -0.3 is 9.88 Å². The van der Waals surface area contributed by atoms with E-state index in [1.165, 1.54) is 16.5 Å². The Morgan fingerprint density at radius 3 is 2.73 bits per heavy atom. The molecule has 1 saturated heterocycles. The lowest BCUT2D eigenvalue weighted by Gasteiger charge is -2.45. The van der Waals surface area contributed by atoms with E-state index in [0.717, 1.165) is 35.6 Å². The highest BCUT2D eigenvalue weighted by Crippen LogP contribution is 2.46. The quantitative estimate of drug-likeness (QED) is 0.602. The Morgan fingerprint density at radius 2 is 1.97 bits per heavy atom. The van der Waals surface area contributed by atoms with E-state index >= 15 is 0 Å². The SMILES string of the molecule is Cc1ccc(S(=O)(=O)OCC2C[C@@H]3c4cccc5[nH]c(Cl)c(c45)C[C@H]3N(C)C2)cc1. The van der Waals surface area contributed by atoms with Crippen molar-refractivity contribution in [3.8, 4) is 0 Å². The summed E-state index contributed by atoms with van der Waals surface area (Å²) in [5.74, 6) is 0.477. The molecule has 2 aliphatic rings. The lowest BCUT2D eigenvalue weighted by Crippen LogP contribution is -2.48. The number of likely N-dealkylation sites (N-methyl/N-ethyl adjacent to an activating group) is 1. The zero-order chi connectivity index (χ0) is 21.0. The van der Waals surface area contributed by atoms with Gasteiger partial charge in [-0.25, -0.2) is 0 Å². The van der Waals surface area contributed by atoms with Crippen molar-refractivity contribution in [3.63, 3.8) is 0 Å². The fourth-order valence-electron chi connectivity index (χ4n) is 5.18. The van der Waals surface area contributed by atoms with Crippen molar-refractivity contribution in [2.24, 2.45) is 5.92 Å². The molecule has 5 nitrogen and oxygen atoms in total. The summed E-state index contributed by atoms with van der Waals surface area (Å²) >= 11 is 6.49. The van der Waals surface area contributed by atoms with Crippen molar-refractivity contribution in [2.45, 2.75) is 36.6 Å². The van der Waals surface area contributed by atoms with Crippen LogP contribution in [0.4, 0.5) is 0 Å². The van der Waals surface area contributed by atoms with Crippen LogP contribution in [0.5, 0.6) is 0 Å². The van der Waals surface area contributed by atoms with Crippen LogP contribution in [0.3, 0.4) is 0 Å². The van der Waals surface area contributed by atoms with Crippen LogP contribution in [0.25, 0.3) is 10.9 Å². The molecule has 0 spiro atoms. The molecule has 1 aliphatic heterocycles. The molecule has 3 atom stereocenters. The predicted molar refractivity (Wildman–Crippen MR) is 119 cm³/mol. The first-order valence-corrected chi connectivity index (χ1v) is 12.1. The van der Waals surface area contributed by atoms with Crippen LogP contribution < -0.4 is 0 Å². The molecule has 158 valence electrons. The number of aromatic amines is 1. The van der Waals surface area contributed by atoms with Crippen LogP contribution in [0.1, 0.15) is 29.0 Å². The number of piperidine rings is 1. The first-order chi connectivity index (χ1) is 14.3. The number of halogens is 1. The van der Waals surface area contributed by atoms with Crippen molar-refractivity contribution in [3.05, 3.63) is 64.3 Å². The largest absolute Gasteiger partial charge is 0.345 e. The molecule has 0 radical (unpaired) electrons. The van der Waals surface area contributed by atoms with Gasteiger partial charge in [0.15, 0.2) is 0 Å². The second kappa shape index (κ2) is 7.38. The summed E-state index contributed by atoms with van der Waals surface area (Å²) in [7, 11) is -1.63. The van der Waals surface area contributed by atoms with E-state index in [1.54, 1.807) is 24.3 Å². The molecule has 2 aromatic carbocycles. The summed E-state index contributed by atoms with van der Waals surface area (Å²) in [5.41, 5.74) is 4.60. The fraction of sp³-hybridized carbons (Fsp3) is 0.391. The number of nitrogens with zero attached hydrogens (tertiary/aromatic N) is 1. The lowest BCUT2D eigenvalue weighted by atomic mass is 9.72. The first-order valence-electron chi connectivity index (χ1n) is 10.3. The summed E-state index contributed by atoms with van der Waals surface area (Å²) in [4.78, 5) is 5.86. The van der Waals surface area contributed by atoms with E-state index in [1.807, 2.05) is 6.92 Å². The third-order valence-corrected chi connectivity index (χ3v) is 8.27. The highest BCUT2D eigenvalue weighted by Gasteiger charge is 2.40. The average molecular weight is 445 g/mol. The van der Waals surface area contributed by atoms with Crippen LogP contribution in [-0.4, -0.2) is 44.5 Å². The zero-order valence-electron chi connectivity index (χ0n) is 17.1. The number of aryl methyl sites for hydroxylation is 1. The first kappa shape index (κ1) is 20.1. The molecule has 1 unspecified atom stereocenters. The Morgan fingerprint density at radius 1 is 1.20 bits per heavy atom. The third-order valence-electron chi connectivity index (χ3n) is 6.65. The van der Waals surface area contributed by atoms with Gasteiger partial charge in [0.1, 0.15) is 5.15 Å². The van der Waals surface area contributed by atoms with Crippen molar-refractivity contribution < 1.29 is 12.6 Å². The van der Waals surface area contributed by atoms with Crippen molar-refractivity contribution in [1.29, 1.82) is 0 Å². The summed E-state index contributed by atoms with van der Waals surface area (Å²) in [5, 5.41) is 1.98. The number of nitrogens with one attached hydrogen (secondary N) is 1. The summed E-state index contributed by atoms with van der Waals surface area (Å²) in [6.07, 6.45) is 1.81. The Balaban J connectivity index is 1.38. The Kier molecular flexibility index (Phi) is 4.93. The molecule has 1 N–H and O–H groups in total. The van der Waals surface area contributed by atoms with Gasteiger partial charge in [-0.2, -0.15) is 8.42 Å². The molecular weight excluding hydrogens is 420 g/mol. The number of rotatable bonds is 4. The van der Waals surface area contributed by atoms with E-state index < -0.39 is 10.1 Å². The molecule has 2 heterocycles. The maximum Gasteiger partial charge on any atom is 0.296 e. The number of aromatic nitrogens is 1. The standard InChI is InChI=1S/C23H25ClN2O3S/c1-14-6-8-16(9-7-14)30(27,28)29-13-15-10-18-17-4-3-5-20-22(17)19(23(24)25-20)11-21(18)26(2)12-15/h3-9,15,18,21,25H,10-13H2,1-2H3/t15?,18-,21-/m1/s1. The van der Waals surface area contributed by atoms with E-state index in [-0.39, 0.29) is 17.4 Å². The average Bonchev–Trinajstić information content (AvgIpc) is 3.04. The Bertz CT molecular complexity index is 1200. The third kappa shape index (κ3) is 3.36. The molecule has 7 heteroatoms. The number of fused-ring (bicyclic) bond motifs is 2. The molecule has 0 bridgehead atoms. The molecule has 1 aliphatic carbocycles. The molecular formula is C23H25ClN2O3S. The van der Waals surface area contributed by atoms with Gasteiger partial charge in [-0.05, 0) is 62.1 Å². The number of likely N-dealkylation sites (tertiary alicyclic amines) is 1. The van der Waals surface area contributed by atoms with Gasteiger partial charge in [0.2, 0.25) is 0 Å². The van der Waals surface area contributed by atoms with Gasteiger partial charge in [0, 0.05) is 29.4 Å². The van der Waals surface area contributed by atoms with Gasteiger partial charge >= 0.3 is 0 Å². The molecule has 0 amide bonds. The van der Waals surface area contributed by atoms with Crippen molar-refractivity contribution in [2.75, 3.05) is 20.2 Å². The minimum absolute atomic E-state index is 0.141. The van der Waals surface area contributed by atoms with Crippen molar-refractivity contribution in [1.82, 2.24) is 9.88 Å². The minimum Gasteiger partial charge on any atom is -0.345 e. The molecule has 5 rings (SSSR count). The van der Waals surface area contributed by atoms with E-state index in [2.05, 4.69) is 35.1 Å². The van der Waals surface area contributed by atoms with Gasteiger partial charge in [-0.3, -0.25) is 4.18 Å². The summed E-state index contributed by atoms with van der Waals surface area (Å²) in [6, 6.07) is 13.5. The summed E-state index contributed by atoms with van der Waals surface area (Å²) < 4.78 is 30.7. The van der Waals surface area contributed by atoms with Crippen LogP contribution in [0.2, 0.25) is 5.15 Å². The minimum atomic E-state index is -3.75. The Labute approximate surface area is 182 Å². The predicted octanol–water partition coefficient (Wildman–Crippen LogP) is 4.50. The smallest absolute Gasteiger partial charge is 0.296 e. The monoisotopic (exact) mass is 444 g/mol. The topological polar surface area (TPSA) is 62.4 Å². The number of H-pyrrole nitrogens is 1. The van der Waals surface area contributed by atoms with Crippen LogP contribution in [-0.2, 0) is 20.7 Å². The highest BCUT2D eigenvalue weighted by atomic mass is 35.5. The van der Waals surface area contributed by atoms with E-state index in [0.29, 0.717) is 12.0 Å². The summed E-state index contributed by atoms with van der Waals surface area (Å²) in [6.45, 7) is 2.93. The van der Waals surface area contributed by atoms with Gasteiger partial charge in [0.25, 0.3) is 10.1 Å². The number of hydrogen-bond acceptors (Lipinski definition) is 4. The van der Waals surface area contributed by atoms with Crippen LogP contribution in [0, 0.1) is 12.8 Å². The number of hydrogen-bond donors (Lipinski definition) is 1. The maximum absolute atomic E-state index is 12.6. The van der Waals surface area contributed by atoms with Gasteiger partial charge in [0.05, 0.1) is 11.5 Å². The second-order valence-electron chi connectivity index (χ2n) is 8.66. The van der Waals surface area contributed by atoms with Crippen LogP contribution in [0.15, 0.2) is 47.4 Å². The van der Waals surface area contributed by atoms with E-state index in [9.17, 15) is 8.42 Å². The zero-order valence-corrected chi connectivity index (χ0v) is 18.6. The molecule has 0 saturated carbocycles. The number of benzene rings is 2. The van der Waals surface area contributed by atoms with Crippen LogP contribution >= 0.6 is 11.6 Å². The van der Waals surface area contributed by atoms with Gasteiger partial charge in [-0.15, -0.1) is 0 Å². The molecule has 1 fully saturated rings. The molecule has 30 heavy (non-hydrogen) atoms. The maximum atomic E-state index is 12.6. The fourth-order valence-corrected chi connectivity index (χ4v) is 6.43. The van der Waals surface area contributed by atoms with E-state index in [4.69, 9.17) is 15.8 Å². The molecule has 1 aromatic heterocycles. The van der Waals surface area contributed by atoms with Gasteiger partial charge in [-0.1, -0.05) is 41.4 Å². The highest BCUT2D eigenvalue weighted by molar-refractivity contribution is 7.86. The second-order valence-corrected chi connectivity index (χ2v) is 10.7. The lowest BCUT2D eigenvalue weighted by molar-refractivity contribution is 0.0854. The normalized spacial score (nSPS) is 24.2. The van der Waals surface area contributed by atoms with Crippen molar-refractivity contribution >= 4 is 32.6 Å². The molecule has 3 aromatic rings.